The normalized spacial score (nSPS) is 10.4. The van der Waals surface area contributed by atoms with Gasteiger partial charge < -0.3 is 9.84 Å². The minimum atomic E-state index is 0.163. The molecule has 18 heavy (non-hydrogen) atoms. The Morgan fingerprint density at radius 1 is 0.833 bits per heavy atom. The molecule has 0 aromatic heterocycles. The van der Waals surface area contributed by atoms with Gasteiger partial charge in [-0.05, 0) is 78.1 Å². The number of benzene rings is 2. The number of phenols is 1. The van der Waals surface area contributed by atoms with Gasteiger partial charge in [0.05, 0.1) is 13.4 Å². The van der Waals surface area contributed by atoms with Crippen LogP contribution in [0.3, 0.4) is 0 Å². The molecule has 0 radical (unpaired) electrons. The number of rotatable bonds is 2. The summed E-state index contributed by atoms with van der Waals surface area (Å²) in [5.41, 5.74) is 0. The van der Waals surface area contributed by atoms with E-state index in [2.05, 4.69) is 63.7 Å². The van der Waals surface area contributed by atoms with Crippen molar-refractivity contribution in [3.8, 4) is 17.2 Å². The summed E-state index contributed by atoms with van der Waals surface area (Å²) >= 11 is 13.5. The van der Waals surface area contributed by atoms with Crippen molar-refractivity contribution >= 4 is 63.7 Å². The van der Waals surface area contributed by atoms with Gasteiger partial charge >= 0.3 is 0 Å². The van der Waals surface area contributed by atoms with Crippen molar-refractivity contribution in [3.05, 3.63) is 48.2 Å². The van der Waals surface area contributed by atoms with E-state index in [0.717, 1.165) is 8.95 Å². The molecule has 2 nitrogen and oxygen atoms in total. The van der Waals surface area contributed by atoms with Crippen LogP contribution < -0.4 is 4.74 Å². The zero-order chi connectivity index (χ0) is 13.3. The van der Waals surface area contributed by atoms with Crippen LogP contribution in [0.25, 0.3) is 0 Å². The van der Waals surface area contributed by atoms with Crippen LogP contribution in [0.4, 0.5) is 0 Å². The monoisotopic (exact) mass is 498 g/mol. The summed E-state index contributed by atoms with van der Waals surface area (Å²) in [7, 11) is 0. The maximum absolute atomic E-state index is 9.44. The number of halogens is 4. The quantitative estimate of drug-likeness (QED) is 0.528. The molecule has 0 spiro atoms. The van der Waals surface area contributed by atoms with Gasteiger partial charge in [0.2, 0.25) is 0 Å². The van der Waals surface area contributed by atoms with E-state index in [9.17, 15) is 5.11 Å². The van der Waals surface area contributed by atoms with Crippen LogP contribution in [-0.2, 0) is 0 Å². The van der Waals surface area contributed by atoms with Crippen LogP contribution in [-0.4, -0.2) is 5.11 Å². The zero-order valence-electron chi connectivity index (χ0n) is 8.75. The van der Waals surface area contributed by atoms with Crippen molar-refractivity contribution in [2.24, 2.45) is 0 Å². The Morgan fingerprint density at radius 3 is 2.00 bits per heavy atom. The highest BCUT2D eigenvalue weighted by atomic mass is 79.9. The maximum Gasteiger partial charge on any atom is 0.156 e. The van der Waals surface area contributed by atoms with Crippen molar-refractivity contribution in [2.75, 3.05) is 0 Å². The molecule has 94 valence electrons. The van der Waals surface area contributed by atoms with Gasteiger partial charge in [0, 0.05) is 4.47 Å². The van der Waals surface area contributed by atoms with Gasteiger partial charge in [-0.2, -0.15) is 0 Å². The van der Waals surface area contributed by atoms with E-state index in [1.807, 2.05) is 18.2 Å². The molecule has 0 amide bonds. The molecule has 0 saturated carbocycles. The third kappa shape index (κ3) is 3.29. The first-order valence-corrected chi connectivity index (χ1v) is 7.95. The van der Waals surface area contributed by atoms with Crippen LogP contribution in [0.15, 0.2) is 48.2 Å². The highest BCUT2D eigenvalue weighted by molar-refractivity contribution is 9.11. The second-order valence-corrected chi connectivity index (χ2v) is 6.89. The minimum absolute atomic E-state index is 0.163. The third-order valence-corrected chi connectivity index (χ3v) is 4.38. The molecule has 1 N–H and O–H groups in total. The number of aromatic hydroxyl groups is 1. The smallest absolute Gasteiger partial charge is 0.156 e. The molecular weight excluding hydrogens is 496 g/mol. The predicted molar refractivity (Wildman–Crippen MR) is 85.4 cm³/mol. The SMILES string of the molecule is Oc1cc(Br)c(Oc2ccc(Br)cc2Br)c(Br)c1. The lowest BCUT2D eigenvalue weighted by molar-refractivity contribution is 0.458. The average Bonchev–Trinajstić information content (AvgIpc) is 2.25. The highest BCUT2D eigenvalue weighted by Crippen LogP contribution is 2.41. The molecule has 2 aromatic rings. The fourth-order valence-electron chi connectivity index (χ4n) is 1.31. The number of hydrogen-bond donors (Lipinski definition) is 1. The van der Waals surface area contributed by atoms with Crippen LogP contribution >= 0.6 is 63.7 Å². The Hall–Kier alpha value is -0.0400. The van der Waals surface area contributed by atoms with Crippen molar-refractivity contribution in [1.82, 2.24) is 0 Å². The van der Waals surface area contributed by atoms with E-state index in [4.69, 9.17) is 4.74 Å². The molecule has 0 bridgehead atoms. The van der Waals surface area contributed by atoms with Crippen molar-refractivity contribution in [3.63, 3.8) is 0 Å². The lowest BCUT2D eigenvalue weighted by atomic mass is 10.3. The molecule has 0 aliphatic heterocycles. The molecule has 0 unspecified atom stereocenters. The Morgan fingerprint density at radius 2 is 1.44 bits per heavy atom. The zero-order valence-corrected chi connectivity index (χ0v) is 15.1. The van der Waals surface area contributed by atoms with Gasteiger partial charge in [0.15, 0.2) is 5.75 Å². The highest BCUT2D eigenvalue weighted by Gasteiger charge is 2.11. The first-order chi connectivity index (χ1) is 8.47. The maximum atomic E-state index is 9.44. The molecule has 0 fully saturated rings. The largest absolute Gasteiger partial charge is 0.508 e. The molecule has 0 heterocycles. The molecule has 0 saturated heterocycles. The second-order valence-electron chi connectivity index (χ2n) is 3.42. The summed E-state index contributed by atoms with van der Waals surface area (Å²) in [4.78, 5) is 0. The Balaban J connectivity index is 2.40. The van der Waals surface area contributed by atoms with Crippen LogP contribution in [0, 0.1) is 0 Å². The molecule has 2 rings (SSSR count). The fourth-order valence-corrected chi connectivity index (χ4v) is 3.76. The summed E-state index contributed by atoms with van der Waals surface area (Å²) in [6.45, 7) is 0. The minimum Gasteiger partial charge on any atom is -0.508 e. The molecule has 6 heteroatoms. The Bertz CT molecular complexity index is 576. The van der Waals surface area contributed by atoms with Gasteiger partial charge in [-0.15, -0.1) is 0 Å². The van der Waals surface area contributed by atoms with Crippen LogP contribution in [0.1, 0.15) is 0 Å². The summed E-state index contributed by atoms with van der Waals surface area (Å²) in [6, 6.07) is 8.79. The van der Waals surface area contributed by atoms with E-state index in [0.29, 0.717) is 20.4 Å². The van der Waals surface area contributed by atoms with E-state index < -0.39 is 0 Å². The van der Waals surface area contributed by atoms with E-state index in [-0.39, 0.29) is 5.75 Å². The predicted octanol–water partition coefficient (Wildman–Crippen LogP) is 6.23. The van der Waals surface area contributed by atoms with Gasteiger partial charge in [-0.1, -0.05) is 15.9 Å². The number of hydrogen-bond acceptors (Lipinski definition) is 2. The summed E-state index contributed by atoms with van der Waals surface area (Å²) in [5.74, 6) is 1.46. The molecule has 0 aliphatic rings. The second kappa shape index (κ2) is 5.94. The molecule has 2 aromatic carbocycles. The molecular formula is C12H6Br4O2. The topological polar surface area (TPSA) is 29.5 Å². The first-order valence-electron chi connectivity index (χ1n) is 4.78. The summed E-state index contributed by atoms with van der Waals surface area (Å²) in [5, 5.41) is 9.44. The lowest BCUT2D eigenvalue weighted by Gasteiger charge is -2.12. The molecule has 0 atom stereocenters. The number of phenolic OH excluding ortho intramolecular Hbond substituents is 1. The van der Waals surface area contributed by atoms with Crippen molar-refractivity contribution in [1.29, 1.82) is 0 Å². The number of ether oxygens (including phenoxy) is 1. The van der Waals surface area contributed by atoms with Crippen molar-refractivity contribution in [2.45, 2.75) is 0 Å². The van der Waals surface area contributed by atoms with Crippen LogP contribution in [0.5, 0.6) is 17.2 Å². The van der Waals surface area contributed by atoms with E-state index >= 15 is 0 Å². The van der Waals surface area contributed by atoms with Crippen molar-refractivity contribution < 1.29 is 9.84 Å². The Labute approximate surface area is 138 Å². The summed E-state index contributed by atoms with van der Waals surface area (Å²) in [6.07, 6.45) is 0. The first kappa shape index (κ1) is 14.4. The summed E-state index contributed by atoms with van der Waals surface area (Å²) < 4.78 is 8.95. The average molecular weight is 502 g/mol. The van der Waals surface area contributed by atoms with E-state index in [1.54, 1.807) is 12.1 Å². The lowest BCUT2D eigenvalue weighted by Crippen LogP contribution is -1.88. The molecule has 0 aliphatic carbocycles. The van der Waals surface area contributed by atoms with Gasteiger partial charge in [0.25, 0.3) is 0 Å². The van der Waals surface area contributed by atoms with Crippen LogP contribution in [0.2, 0.25) is 0 Å². The van der Waals surface area contributed by atoms with E-state index in [1.165, 1.54) is 0 Å². The Kier molecular flexibility index (Phi) is 4.75. The van der Waals surface area contributed by atoms with Gasteiger partial charge in [-0.25, -0.2) is 0 Å². The standard InChI is InChI=1S/C12H6Br4O2/c13-6-1-2-11(8(14)3-6)18-12-9(15)4-7(17)5-10(12)16/h1-5,17H. The third-order valence-electron chi connectivity index (χ3n) is 2.09. The fraction of sp³-hybridized carbons (Fsp3) is 0. The van der Waals surface area contributed by atoms with Gasteiger partial charge in [-0.3, -0.25) is 0 Å². The van der Waals surface area contributed by atoms with Gasteiger partial charge in [0.1, 0.15) is 11.5 Å².